The summed E-state index contributed by atoms with van der Waals surface area (Å²) in [6, 6.07) is 12.2. The second kappa shape index (κ2) is 8.23. The van der Waals surface area contributed by atoms with Crippen LogP contribution in [0, 0.1) is 0 Å². The van der Waals surface area contributed by atoms with Crippen molar-refractivity contribution in [2.45, 2.75) is 44.4 Å². The highest BCUT2D eigenvalue weighted by molar-refractivity contribution is 7.89. The van der Waals surface area contributed by atoms with Crippen LogP contribution in [0.4, 0.5) is 5.69 Å². The second-order valence-corrected chi connectivity index (χ2v) is 8.70. The zero-order valence-corrected chi connectivity index (χ0v) is 16.7. The van der Waals surface area contributed by atoms with Crippen molar-refractivity contribution >= 4 is 21.6 Å². The Labute approximate surface area is 161 Å². The van der Waals surface area contributed by atoms with Gasteiger partial charge >= 0.3 is 0 Å². The van der Waals surface area contributed by atoms with E-state index in [1.165, 1.54) is 40.4 Å². The van der Waals surface area contributed by atoms with Crippen molar-refractivity contribution in [2.24, 2.45) is 0 Å². The number of rotatable bonds is 6. The third kappa shape index (κ3) is 4.22. The fourth-order valence-corrected chi connectivity index (χ4v) is 4.96. The van der Waals surface area contributed by atoms with Crippen molar-refractivity contribution in [3.63, 3.8) is 0 Å². The minimum atomic E-state index is -3.49. The van der Waals surface area contributed by atoms with Crippen LogP contribution in [0.1, 0.15) is 48.2 Å². The Morgan fingerprint density at radius 2 is 1.59 bits per heavy atom. The molecule has 0 atom stereocenters. The fraction of sp³-hybridized carbons (Fsp3) is 0.381. The molecule has 2 aromatic carbocycles. The SMILES string of the molecule is CCN(CC)S(=O)(=O)c1ccc(NC(=O)c2ccc3c(c2)CCCC3)cc1. The van der Waals surface area contributed by atoms with Crippen LogP contribution in [0.3, 0.4) is 0 Å². The number of fused-ring (bicyclic) bond motifs is 1. The van der Waals surface area contributed by atoms with Gasteiger partial charge < -0.3 is 5.32 Å². The molecule has 1 amide bonds. The van der Waals surface area contributed by atoms with E-state index < -0.39 is 10.0 Å². The summed E-state index contributed by atoms with van der Waals surface area (Å²) in [5.74, 6) is -0.178. The van der Waals surface area contributed by atoms with Crippen molar-refractivity contribution in [3.05, 3.63) is 59.2 Å². The van der Waals surface area contributed by atoms with Gasteiger partial charge in [0.05, 0.1) is 4.90 Å². The van der Waals surface area contributed by atoms with Gasteiger partial charge in [0.15, 0.2) is 0 Å². The van der Waals surface area contributed by atoms with Crippen LogP contribution in [0.25, 0.3) is 0 Å². The predicted molar refractivity (Wildman–Crippen MR) is 108 cm³/mol. The Kier molecular flexibility index (Phi) is 5.97. The topological polar surface area (TPSA) is 66.5 Å². The van der Waals surface area contributed by atoms with Gasteiger partial charge in [-0.2, -0.15) is 4.31 Å². The maximum atomic E-state index is 12.5. The number of nitrogens with zero attached hydrogens (tertiary/aromatic N) is 1. The van der Waals surface area contributed by atoms with Gasteiger partial charge in [0.25, 0.3) is 5.91 Å². The first-order valence-electron chi connectivity index (χ1n) is 9.49. The van der Waals surface area contributed by atoms with E-state index in [9.17, 15) is 13.2 Å². The summed E-state index contributed by atoms with van der Waals surface area (Å²) in [4.78, 5) is 12.8. The van der Waals surface area contributed by atoms with Crippen LogP contribution < -0.4 is 5.32 Å². The number of nitrogens with one attached hydrogen (secondary N) is 1. The van der Waals surface area contributed by atoms with E-state index in [4.69, 9.17) is 0 Å². The Balaban J connectivity index is 1.74. The first-order valence-corrected chi connectivity index (χ1v) is 10.9. The Morgan fingerprint density at radius 3 is 2.22 bits per heavy atom. The van der Waals surface area contributed by atoms with E-state index in [1.807, 2.05) is 32.0 Å². The Bertz CT molecular complexity index is 917. The number of hydrogen-bond donors (Lipinski definition) is 1. The van der Waals surface area contributed by atoms with Crippen LogP contribution in [-0.2, 0) is 22.9 Å². The smallest absolute Gasteiger partial charge is 0.255 e. The van der Waals surface area contributed by atoms with E-state index in [2.05, 4.69) is 5.32 Å². The number of amides is 1. The summed E-state index contributed by atoms with van der Waals surface area (Å²) in [6.07, 6.45) is 4.48. The molecule has 27 heavy (non-hydrogen) atoms. The molecule has 1 N–H and O–H groups in total. The van der Waals surface area contributed by atoms with Gasteiger partial charge in [0, 0.05) is 24.3 Å². The average Bonchev–Trinajstić information content (AvgIpc) is 2.68. The van der Waals surface area contributed by atoms with Crippen LogP contribution in [0.15, 0.2) is 47.4 Å². The summed E-state index contributed by atoms with van der Waals surface area (Å²) < 4.78 is 26.5. The van der Waals surface area contributed by atoms with Gasteiger partial charge in [-0.25, -0.2) is 8.42 Å². The molecule has 0 aromatic heterocycles. The van der Waals surface area contributed by atoms with E-state index in [0.29, 0.717) is 24.3 Å². The number of anilines is 1. The lowest BCUT2D eigenvalue weighted by Crippen LogP contribution is -2.30. The zero-order valence-electron chi connectivity index (χ0n) is 15.9. The van der Waals surface area contributed by atoms with Crippen molar-refractivity contribution in [1.29, 1.82) is 0 Å². The summed E-state index contributed by atoms with van der Waals surface area (Å²) in [6.45, 7) is 4.48. The normalized spacial score (nSPS) is 14.0. The minimum absolute atomic E-state index is 0.178. The predicted octanol–water partition coefficient (Wildman–Crippen LogP) is 3.85. The van der Waals surface area contributed by atoms with Gasteiger partial charge in [-0.3, -0.25) is 4.79 Å². The molecule has 144 valence electrons. The molecular weight excluding hydrogens is 360 g/mol. The molecule has 0 bridgehead atoms. The van der Waals surface area contributed by atoms with Crippen molar-refractivity contribution < 1.29 is 13.2 Å². The summed E-state index contributed by atoms with van der Waals surface area (Å²) in [5, 5.41) is 2.85. The van der Waals surface area contributed by atoms with E-state index in [1.54, 1.807) is 12.1 Å². The number of benzene rings is 2. The molecule has 5 nitrogen and oxygen atoms in total. The minimum Gasteiger partial charge on any atom is -0.322 e. The van der Waals surface area contributed by atoms with Crippen molar-refractivity contribution in [1.82, 2.24) is 4.31 Å². The molecule has 2 aromatic rings. The van der Waals surface area contributed by atoms with E-state index >= 15 is 0 Å². The molecule has 0 fully saturated rings. The first-order chi connectivity index (χ1) is 13.0. The van der Waals surface area contributed by atoms with E-state index in [-0.39, 0.29) is 10.8 Å². The molecule has 0 saturated heterocycles. The highest BCUT2D eigenvalue weighted by Crippen LogP contribution is 2.23. The van der Waals surface area contributed by atoms with Gasteiger partial charge in [-0.15, -0.1) is 0 Å². The van der Waals surface area contributed by atoms with Crippen LogP contribution >= 0.6 is 0 Å². The quantitative estimate of drug-likeness (QED) is 0.820. The Morgan fingerprint density at radius 1 is 0.963 bits per heavy atom. The third-order valence-corrected chi connectivity index (χ3v) is 7.13. The number of carbonyl (C=O) groups is 1. The molecule has 0 spiro atoms. The second-order valence-electron chi connectivity index (χ2n) is 6.76. The molecule has 0 unspecified atom stereocenters. The molecule has 6 heteroatoms. The van der Waals surface area contributed by atoms with Crippen LogP contribution in [0.5, 0.6) is 0 Å². The Hall–Kier alpha value is -2.18. The number of carbonyl (C=O) groups excluding carboxylic acids is 1. The molecule has 3 rings (SSSR count). The van der Waals surface area contributed by atoms with Crippen LogP contribution in [0.2, 0.25) is 0 Å². The number of hydrogen-bond acceptors (Lipinski definition) is 3. The van der Waals surface area contributed by atoms with Crippen LogP contribution in [-0.4, -0.2) is 31.7 Å². The zero-order chi connectivity index (χ0) is 19.4. The lowest BCUT2D eigenvalue weighted by Gasteiger charge is -2.18. The third-order valence-electron chi connectivity index (χ3n) is 5.07. The molecule has 0 saturated carbocycles. The van der Waals surface area contributed by atoms with Crippen molar-refractivity contribution in [2.75, 3.05) is 18.4 Å². The number of aryl methyl sites for hydroxylation is 2. The maximum Gasteiger partial charge on any atom is 0.255 e. The molecule has 1 aliphatic carbocycles. The molecule has 0 heterocycles. The largest absolute Gasteiger partial charge is 0.322 e. The molecule has 0 aliphatic heterocycles. The highest BCUT2D eigenvalue weighted by Gasteiger charge is 2.21. The lowest BCUT2D eigenvalue weighted by atomic mass is 9.90. The first kappa shape index (κ1) is 19.6. The maximum absolute atomic E-state index is 12.5. The summed E-state index contributed by atoms with van der Waals surface area (Å²) >= 11 is 0. The summed E-state index contributed by atoms with van der Waals surface area (Å²) in [5.41, 5.74) is 3.81. The van der Waals surface area contributed by atoms with Gasteiger partial charge in [-0.1, -0.05) is 19.9 Å². The van der Waals surface area contributed by atoms with Gasteiger partial charge in [0.1, 0.15) is 0 Å². The van der Waals surface area contributed by atoms with Gasteiger partial charge in [0.2, 0.25) is 10.0 Å². The highest BCUT2D eigenvalue weighted by atomic mass is 32.2. The fourth-order valence-electron chi connectivity index (χ4n) is 3.50. The standard InChI is InChI=1S/C21H26N2O3S/c1-3-23(4-2)27(25,26)20-13-11-19(12-14-20)22-21(24)18-10-9-16-7-5-6-8-17(16)15-18/h9-15H,3-8H2,1-2H3,(H,22,24). The summed E-state index contributed by atoms with van der Waals surface area (Å²) in [7, 11) is -3.49. The van der Waals surface area contributed by atoms with E-state index in [0.717, 1.165) is 12.8 Å². The lowest BCUT2D eigenvalue weighted by molar-refractivity contribution is 0.102. The van der Waals surface area contributed by atoms with Crippen molar-refractivity contribution in [3.8, 4) is 0 Å². The average molecular weight is 387 g/mol. The molecule has 0 radical (unpaired) electrons. The molecule has 1 aliphatic rings. The number of sulfonamides is 1. The van der Waals surface area contributed by atoms with Gasteiger partial charge in [-0.05, 0) is 73.2 Å². The molecular formula is C21H26N2O3S. The monoisotopic (exact) mass is 386 g/mol.